The summed E-state index contributed by atoms with van der Waals surface area (Å²) in [6.45, 7) is 2.64. The summed E-state index contributed by atoms with van der Waals surface area (Å²) in [6.07, 6.45) is 0.901. The van der Waals surface area contributed by atoms with Crippen molar-refractivity contribution in [2.24, 2.45) is 5.73 Å². The number of nitrogens with zero attached hydrogens (tertiary/aromatic N) is 1. The number of nitrogens with two attached hydrogens (primary N) is 1. The van der Waals surface area contributed by atoms with E-state index < -0.39 is 11.9 Å². The van der Waals surface area contributed by atoms with E-state index in [0.717, 1.165) is 17.5 Å². The van der Waals surface area contributed by atoms with Crippen LogP contribution in [0.15, 0.2) is 78.2 Å². The molecular weight excluding hydrogens is 432 g/mol. The van der Waals surface area contributed by atoms with Crippen LogP contribution >= 0.6 is 0 Å². The molecule has 1 heterocycles. The van der Waals surface area contributed by atoms with Crippen LogP contribution in [0.1, 0.15) is 40.7 Å². The Hall–Kier alpha value is -4.44. The Balaban J connectivity index is 1.60. The number of carbonyl (C=O) groups excluding carboxylic acids is 1. The van der Waals surface area contributed by atoms with Crippen molar-refractivity contribution in [1.82, 2.24) is 0 Å². The van der Waals surface area contributed by atoms with Gasteiger partial charge in [0.15, 0.2) is 0 Å². The van der Waals surface area contributed by atoms with E-state index in [1.807, 2.05) is 31.2 Å². The lowest BCUT2D eigenvalue weighted by atomic mass is 9.83. The van der Waals surface area contributed by atoms with Crippen LogP contribution < -0.4 is 24.7 Å². The van der Waals surface area contributed by atoms with Crippen LogP contribution in [0.3, 0.4) is 0 Å². The first kappa shape index (κ1) is 22.7. The van der Waals surface area contributed by atoms with Crippen molar-refractivity contribution >= 4 is 5.97 Å². The van der Waals surface area contributed by atoms with E-state index in [2.05, 4.69) is 6.07 Å². The molecule has 0 saturated heterocycles. The van der Waals surface area contributed by atoms with Gasteiger partial charge in [0.25, 0.3) is 0 Å². The molecule has 0 spiro atoms. The smallest absolute Gasteiger partial charge is 0.343 e. The fraction of sp³-hybridized carbons (Fsp3) is 0.185. The first-order valence-corrected chi connectivity index (χ1v) is 10.8. The summed E-state index contributed by atoms with van der Waals surface area (Å²) in [6, 6.07) is 21.4. The Morgan fingerprint density at radius 3 is 2.53 bits per heavy atom. The molecule has 172 valence electrons. The third kappa shape index (κ3) is 4.66. The average Bonchev–Trinajstić information content (AvgIpc) is 2.86. The maximum Gasteiger partial charge on any atom is 0.343 e. The van der Waals surface area contributed by atoms with Crippen molar-refractivity contribution in [1.29, 1.82) is 5.26 Å². The summed E-state index contributed by atoms with van der Waals surface area (Å²) in [4.78, 5) is 12.6. The maximum absolute atomic E-state index is 12.6. The van der Waals surface area contributed by atoms with Crippen LogP contribution in [0.2, 0.25) is 0 Å². The Morgan fingerprint density at radius 1 is 1.06 bits per heavy atom. The third-order valence-corrected chi connectivity index (χ3v) is 5.39. The highest BCUT2D eigenvalue weighted by Gasteiger charge is 2.31. The van der Waals surface area contributed by atoms with Crippen molar-refractivity contribution in [3.05, 3.63) is 94.9 Å². The van der Waals surface area contributed by atoms with E-state index in [1.54, 1.807) is 49.6 Å². The number of allylic oxidation sites excluding steroid dienone is 1. The van der Waals surface area contributed by atoms with Crippen LogP contribution in [-0.2, 0) is 0 Å². The summed E-state index contributed by atoms with van der Waals surface area (Å²) < 4.78 is 22.2. The molecule has 34 heavy (non-hydrogen) atoms. The third-order valence-electron chi connectivity index (χ3n) is 5.39. The van der Waals surface area contributed by atoms with Crippen LogP contribution in [-0.4, -0.2) is 19.7 Å². The topological polar surface area (TPSA) is 104 Å². The molecule has 0 amide bonds. The van der Waals surface area contributed by atoms with Crippen molar-refractivity contribution in [2.75, 3.05) is 13.7 Å². The molecule has 3 aromatic rings. The first-order chi connectivity index (χ1) is 16.5. The normalized spacial score (nSPS) is 14.4. The minimum Gasteiger partial charge on any atom is -0.497 e. The van der Waals surface area contributed by atoms with Gasteiger partial charge in [-0.25, -0.2) is 4.79 Å². The number of nitriles is 1. The van der Waals surface area contributed by atoms with Gasteiger partial charge in [0.1, 0.15) is 34.6 Å². The van der Waals surface area contributed by atoms with Crippen LogP contribution in [0.5, 0.6) is 23.0 Å². The lowest BCUT2D eigenvalue weighted by Gasteiger charge is -2.27. The molecular formula is C27H24N2O5. The Bertz CT molecular complexity index is 1270. The van der Waals surface area contributed by atoms with Gasteiger partial charge < -0.3 is 24.7 Å². The monoisotopic (exact) mass is 456 g/mol. The Labute approximate surface area is 197 Å². The number of rotatable bonds is 7. The second-order valence-electron chi connectivity index (χ2n) is 7.66. The molecule has 2 N–H and O–H groups in total. The lowest BCUT2D eigenvalue weighted by Crippen LogP contribution is -2.21. The molecule has 0 radical (unpaired) electrons. The standard InChI is InChI=1S/C27H24N2O5/c1-3-13-32-19-9-7-17(8-10-19)27(30)33-21-11-12-22-24(15-21)34-26(29)23(16-28)25(22)18-5-4-6-20(14-18)31-2/h4-12,14-15,25H,3,13,29H2,1-2H3. The van der Waals surface area contributed by atoms with E-state index in [1.165, 1.54) is 0 Å². The quantitative estimate of drug-likeness (QED) is 0.397. The predicted octanol–water partition coefficient (Wildman–Crippen LogP) is 4.92. The molecule has 1 atom stereocenters. The van der Waals surface area contributed by atoms with E-state index in [9.17, 15) is 10.1 Å². The van der Waals surface area contributed by atoms with Crippen molar-refractivity contribution in [3.8, 4) is 29.1 Å². The van der Waals surface area contributed by atoms with Crippen molar-refractivity contribution < 1.29 is 23.7 Å². The highest BCUT2D eigenvalue weighted by atomic mass is 16.5. The number of fused-ring (bicyclic) bond motifs is 1. The summed E-state index contributed by atoms with van der Waals surface area (Å²) in [7, 11) is 1.58. The van der Waals surface area contributed by atoms with Gasteiger partial charge in [0.05, 0.1) is 25.2 Å². The number of methoxy groups -OCH3 is 1. The van der Waals surface area contributed by atoms with Gasteiger partial charge in [-0.05, 0) is 54.4 Å². The number of carbonyl (C=O) groups is 1. The minimum atomic E-state index is -0.511. The molecule has 1 aliphatic heterocycles. The second kappa shape index (κ2) is 10.0. The molecule has 0 aromatic heterocycles. The second-order valence-corrected chi connectivity index (χ2v) is 7.66. The largest absolute Gasteiger partial charge is 0.497 e. The van der Waals surface area contributed by atoms with Gasteiger partial charge in [-0.15, -0.1) is 0 Å². The molecule has 0 bridgehead atoms. The van der Waals surface area contributed by atoms with Gasteiger partial charge in [0.2, 0.25) is 5.88 Å². The highest BCUT2D eigenvalue weighted by Crippen LogP contribution is 2.44. The number of esters is 1. The maximum atomic E-state index is 12.6. The zero-order valence-corrected chi connectivity index (χ0v) is 18.9. The Morgan fingerprint density at radius 2 is 1.82 bits per heavy atom. The summed E-state index contributed by atoms with van der Waals surface area (Å²) in [5, 5.41) is 9.73. The molecule has 1 aliphatic rings. The van der Waals surface area contributed by atoms with Crippen molar-refractivity contribution in [3.63, 3.8) is 0 Å². The molecule has 1 unspecified atom stereocenters. The fourth-order valence-corrected chi connectivity index (χ4v) is 3.74. The van der Waals surface area contributed by atoms with E-state index >= 15 is 0 Å². The number of ether oxygens (including phenoxy) is 4. The minimum absolute atomic E-state index is 0.00830. The molecule has 3 aromatic carbocycles. The molecule has 0 fully saturated rings. The molecule has 7 nitrogen and oxygen atoms in total. The van der Waals surface area contributed by atoms with Gasteiger partial charge in [0, 0.05) is 11.6 Å². The number of hydrogen-bond acceptors (Lipinski definition) is 7. The summed E-state index contributed by atoms with van der Waals surface area (Å²) in [5.74, 6) is 1.13. The Kier molecular flexibility index (Phi) is 6.69. The van der Waals surface area contributed by atoms with Crippen molar-refractivity contribution in [2.45, 2.75) is 19.3 Å². The van der Waals surface area contributed by atoms with Gasteiger partial charge in [-0.1, -0.05) is 25.1 Å². The molecule has 0 aliphatic carbocycles. The van der Waals surface area contributed by atoms with Gasteiger partial charge in [-0.2, -0.15) is 5.26 Å². The fourth-order valence-electron chi connectivity index (χ4n) is 3.74. The van der Waals surface area contributed by atoms with E-state index in [0.29, 0.717) is 40.7 Å². The van der Waals surface area contributed by atoms with Gasteiger partial charge >= 0.3 is 5.97 Å². The van der Waals surface area contributed by atoms with Crippen LogP contribution in [0.25, 0.3) is 0 Å². The van der Waals surface area contributed by atoms with Crippen LogP contribution in [0, 0.1) is 11.3 Å². The summed E-state index contributed by atoms with van der Waals surface area (Å²) >= 11 is 0. The number of benzene rings is 3. The lowest BCUT2D eigenvalue weighted by molar-refractivity contribution is 0.0734. The highest BCUT2D eigenvalue weighted by molar-refractivity contribution is 5.91. The van der Waals surface area contributed by atoms with E-state index in [4.69, 9.17) is 24.7 Å². The molecule has 4 rings (SSSR count). The summed E-state index contributed by atoms with van der Waals surface area (Å²) in [5.41, 5.74) is 8.34. The number of hydrogen-bond donors (Lipinski definition) is 1. The SMILES string of the molecule is CCCOc1ccc(C(=O)Oc2ccc3c(c2)OC(N)=C(C#N)C3c2cccc(OC)c2)cc1. The molecule has 7 heteroatoms. The van der Waals surface area contributed by atoms with E-state index in [-0.39, 0.29) is 5.88 Å². The molecule has 0 saturated carbocycles. The zero-order valence-electron chi connectivity index (χ0n) is 18.9. The van der Waals surface area contributed by atoms with Gasteiger partial charge in [-0.3, -0.25) is 0 Å². The van der Waals surface area contributed by atoms with Crippen LogP contribution in [0.4, 0.5) is 0 Å². The predicted molar refractivity (Wildman–Crippen MR) is 126 cm³/mol. The first-order valence-electron chi connectivity index (χ1n) is 10.8. The zero-order chi connectivity index (χ0) is 24.1. The average molecular weight is 456 g/mol.